The predicted octanol–water partition coefficient (Wildman–Crippen LogP) is 5.53. The molecular formula is C18H18ClF3N2O. The Balaban J connectivity index is 2.04. The molecule has 134 valence electrons. The SMILES string of the molecule is CC(C)c1ccccc1NC(=O)CNc1ccc(Cl)c(C(F)(F)F)c1. The fourth-order valence-electron chi connectivity index (χ4n) is 2.34. The van der Waals surface area contributed by atoms with Crippen molar-refractivity contribution in [3.05, 3.63) is 58.6 Å². The zero-order valence-corrected chi connectivity index (χ0v) is 14.5. The summed E-state index contributed by atoms with van der Waals surface area (Å²) in [4.78, 5) is 12.1. The summed E-state index contributed by atoms with van der Waals surface area (Å²) in [5.74, 6) is -0.119. The summed E-state index contributed by atoms with van der Waals surface area (Å²) in [7, 11) is 0. The van der Waals surface area contributed by atoms with Gasteiger partial charge in [-0.1, -0.05) is 43.6 Å². The lowest BCUT2D eigenvalue weighted by molar-refractivity contribution is -0.137. The molecule has 0 radical (unpaired) electrons. The fraction of sp³-hybridized carbons (Fsp3) is 0.278. The maximum absolute atomic E-state index is 12.8. The molecule has 0 aliphatic rings. The second kappa shape index (κ2) is 7.78. The monoisotopic (exact) mass is 370 g/mol. The number of hydrogen-bond acceptors (Lipinski definition) is 2. The molecule has 0 aliphatic carbocycles. The van der Waals surface area contributed by atoms with Crippen molar-refractivity contribution in [2.45, 2.75) is 25.9 Å². The Morgan fingerprint density at radius 1 is 1.16 bits per heavy atom. The first-order valence-electron chi connectivity index (χ1n) is 7.68. The second-order valence-corrected chi connectivity index (χ2v) is 6.24. The van der Waals surface area contributed by atoms with Crippen LogP contribution in [0, 0.1) is 0 Å². The van der Waals surface area contributed by atoms with Gasteiger partial charge in [0.2, 0.25) is 5.91 Å². The largest absolute Gasteiger partial charge is 0.417 e. The molecule has 25 heavy (non-hydrogen) atoms. The van der Waals surface area contributed by atoms with Gasteiger partial charge < -0.3 is 10.6 Å². The Morgan fingerprint density at radius 2 is 1.84 bits per heavy atom. The van der Waals surface area contributed by atoms with Gasteiger partial charge in [-0.2, -0.15) is 13.2 Å². The third kappa shape index (κ3) is 5.13. The zero-order chi connectivity index (χ0) is 18.6. The van der Waals surface area contributed by atoms with Crippen LogP contribution in [0.5, 0.6) is 0 Å². The molecule has 7 heteroatoms. The number of benzene rings is 2. The Bertz CT molecular complexity index is 760. The van der Waals surface area contributed by atoms with Crippen LogP contribution in [0.2, 0.25) is 5.02 Å². The number of anilines is 2. The Kier molecular flexibility index (Phi) is 5.95. The summed E-state index contributed by atoms with van der Waals surface area (Å²) in [5, 5.41) is 5.07. The number of rotatable bonds is 5. The molecule has 0 saturated carbocycles. The van der Waals surface area contributed by atoms with Crippen molar-refractivity contribution in [2.75, 3.05) is 17.2 Å². The lowest BCUT2D eigenvalue weighted by atomic mass is 10.0. The molecule has 2 rings (SSSR count). The van der Waals surface area contributed by atoms with E-state index in [1.54, 1.807) is 6.07 Å². The number of alkyl halides is 3. The van der Waals surface area contributed by atoms with Crippen molar-refractivity contribution < 1.29 is 18.0 Å². The highest BCUT2D eigenvalue weighted by Gasteiger charge is 2.33. The number of para-hydroxylation sites is 1. The maximum Gasteiger partial charge on any atom is 0.417 e. The molecule has 0 unspecified atom stereocenters. The summed E-state index contributed by atoms with van der Waals surface area (Å²) in [6, 6.07) is 10.8. The minimum atomic E-state index is -4.55. The van der Waals surface area contributed by atoms with Crippen LogP contribution in [0.3, 0.4) is 0 Å². The van der Waals surface area contributed by atoms with E-state index in [4.69, 9.17) is 11.6 Å². The molecule has 0 heterocycles. The van der Waals surface area contributed by atoms with Crippen molar-refractivity contribution in [3.63, 3.8) is 0 Å². The van der Waals surface area contributed by atoms with Crippen LogP contribution in [0.25, 0.3) is 0 Å². The number of halogens is 4. The fourth-order valence-corrected chi connectivity index (χ4v) is 2.57. The summed E-state index contributed by atoms with van der Waals surface area (Å²) >= 11 is 5.57. The van der Waals surface area contributed by atoms with Gasteiger partial charge in [0.05, 0.1) is 17.1 Å². The molecule has 1 amide bonds. The Morgan fingerprint density at radius 3 is 2.48 bits per heavy atom. The Labute approximate surface area is 149 Å². The van der Waals surface area contributed by atoms with Gasteiger partial charge in [-0.05, 0) is 35.7 Å². The molecule has 2 aromatic rings. The van der Waals surface area contributed by atoms with E-state index >= 15 is 0 Å². The number of hydrogen-bond donors (Lipinski definition) is 2. The van der Waals surface area contributed by atoms with Gasteiger partial charge in [-0.15, -0.1) is 0 Å². The van der Waals surface area contributed by atoms with E-state index in [1.165, 1.54) is 6.07 Å². The number of amides is 1. The van der Waals surface area contributed by atoms with Gasteiger partial charge in [-0.3, -0.25) is 4.79 Å². The molecule has 0 bridgehead atoms. The number of nitrogens with one attached hydrogen (secondary N) is 2. The van der Waals surface area contributed by atoms with Gasteiger partial charge in [0.1, 0.15) is 0 Å². The van der Waals surface area contributed by atoms with Crippen LogP contribution in [-0.2, 0) is 11.0 Å². The van der Waals surface area contributed by atoms with E-state index in [2.05, 4.69) is 10.6 Å². The van der Waals surface area contributed by atoms with Crippen LogP contribution < -0.4 is 10.6 Å². The number of carbonyl (C=O) groups is 1. The maximum atomic E-state index is 12.8. The van der Waals surface area contributed by atoms with E-state index in [0.717, 1.165) is 17.7 Å². The van der Waals surface area contributed by atoms with Crippen molar-refractivity contribution >= 4 is 28.9 Å². The molecule has 0 saturated heterocycles. The average Bonchev–Trinajstić information content (AvgIpc) is 2.53. The second-order valence-electron chi connectivity index (χ2n) is 5.84. The highest BCUT2D eigenvalue weighted by molar-refractivity contribution is 6.31. The average molecular weight is 371 g/mol. The van der Waals surface area contributed by atoms with E-state index in [0.29, 0.717) is 5.69 Å². The standard InChI is InChI=1S/C18H18ClF3N2O/c1-11(2)13-5-3-4-6-16(13)24-17(25)10-23-12-7-8-15(19)14(9-12)18(20,21)22/h3-9,11,23H,10H2,1-2H3,(H,24,25). The van der Waals surface area contributed by atoms with Crippen molar-refractivity contribution in [3.8, 4) is 0 Å². The third-order valence-electron chi connectivity index (χ3n) is 3.58. The van der Waals surface area contributed by atoms with Gasteiger partial charge in [0.25, 0.3) is 0 Å². The van der Waals surface area contributed by atoms with Crippen LogP contribution in [0.4, 0.5) is 24.5 Å². The zero-order valence-electron chi connectivity index (χ0n) is 13.7. The number of carbonyl (C=O) groups excluding carboxylic acids is 1. The van der Waals surface area contributed by atoms with Gasteiger partial charge in [-0.25, -0.2) is 0 Å². The molecule has 0 spiro atoms. The first kappa shape index (κ1) is 19.1. The molecular weight excluding hydrogens is 353 g/mol. The summed E-state index contributed by atoms with van der Waals surface area (Å²) in [6.07, 6.45) is -4.55. The molecule has 0 aliphatic heterocycles. The van der Waals surface area contributed by atoms with Crippen LogP contribution >= 0.6 is 11.6 Å². The summed E-state index contributed by atoms with van der Waals surface area (Å²) in [6.45, 7) is 3.86. The summed E-state index contributed by atoms with van der Waals surface area (Å²) in [5.41, 5.74) is 0.909. The Hall–Kier alpha value is -2.21. The molecule has 2 N–H and O–H groups in total. The van der Waals surface area contributed by atoms with Crippen LogP contribution in [0.15, 0.2) is 42.5 Å². The normalized spacial score (nSPS) is 11.5. The smallest absolute Gasteiger partial charge is 0.376 e. The third-order valence-corrected chi connectivity index (χ3v) is 3.91. The van der Waals surface area contributed by atoms with Crippen LogP contribution in [-0.4, -0.2) is 12.5 Å². The highest BCUT2D eigenvalue weighted by Crippen LogP contribution is 2.36. The van der Waals surface area contributed by atoms with E-state index in [-0.39, 0.29) is 29.1 Å². The van der Waals surface area contributed by atoms with Crippen molar-refractivity contribution in [1.29, 1.82) is 0 Å². The topological polar surface area (TPSA) is 41.1 Å². The molecule has 2 aromatic carbocycles. The minimum absolute atomic E-state index is 0.161. The van der Waals surface area contributed by atoms with Crippen molar-refractivity contribution in [2.24, 2.45) is 0 Å². The van der Waals surface area contributed by atoms with E-state index < -0.39 is 11.7 Å². The van der Waals surface area contributed by atoms with Gasteiger partial charge >= 0.3 is 6.18 Å². The molecule has 0 fully saturated rings. The van der Waals surface area contributed by atoms with Crippen LogP contribution in [0.1, 0.15) is 30.9 Å². The molecule has 3 nitrogen and oxygen atoms in total. The molecule has 0 atom stereocenters. The lowest BCUT2D eigenvalue weighted by Gasteiger charge is -2.15. The van der Waals surface area contributed by atoms with Gasteiger partial charge in [0, 0.05) is 11.4 Å². The quantitative estimate of drug-likeness (QED) is 0.726. The van der Waals surface area contributed by atoms with Gasteiger partial charge in [0.15, 0.2) is 0 Å². The first-order chi connectivity index (χ1) is 11.7. The predicted molar refractivity (Wildman–Crippen MR) is 94.1 cm³/mol. The highest BCUT2D eigenvalue weighted by atomic mass is 35.5. The molecule has 0 aromatic heterocycles. The van der Waals surface area contributed by atoms with Crippen molar-refractivity contribution in [1.82, 2.24) is 0 Å². The minimum Gasteiger partial charge on any atom is -0.376 e. The first-order valence-corrected chi connectivity index (χ1v) is 8.05. The lowest BCUT2D eigenvalue weighted by Crippen LogP contribution is -2.22. The summed E-state index contributed by atoms with van der Waals surface area (Å²) < 4.78 is 38.5. The van der Waals surface area contributed by atoms with E-state index in [9.17, 15) is 18.0 Å². The van der Waals surface area contributed by atoms with E-state index in [1.807, 2.05) is 32.0 Å².